The second-order valence-electron chi connectivity index (χ2n) is 5.26. The summed E-state index contributed by atoms with van der Waals surface area (Å²) in [5.41, 5.74) is 4.31. The number of nitrogens with zero attached hydrogens (tertiary/aromatic N) is 3. The van der Waals surface area contributed by atoms with Gasteiger partial charge in [0.15, 0.2) is 0 Å². The molecule has 0 bridgehead atoms. The molecule has 0 fully saturated rings. The summed E-state index contributed by atoms with van der Waals surface area (Å²) < 4.78 is 13.5. The number of anilines is 2. The maximum Gasteiger partial charge on any atom is 0.281 e. The van der Waals surface area contributed by atoms with Gasteiger partial charge in [-0.15, -0.1) is 5.53 Å². The fourth-order valence-corrected chi connectivity index (χ4v) is 2.77. The summed E-state index contributed by atoms with van der Waals surface area (Å²) in [6.45, 7) is 0. The molecule has 9 heteroatoms. The number of hydrogen-bond acceptors (Lipinski definition) is 6. The molecule has 2 aromatic carbocycles. The molecule has 2 aromatic rings. The molecule has 128 valence electrons. The highest BCUT2D eigenvalue weighted by molar-refractivity contribution is 5.82. The Kier molecular flexibility index (Phi) is 3.87. The lowest BCUT2D eigenvalue weighted by Crippen LogP contribution is -2.42. The minimum Gasteiger partial charge on any atom is -0.492 e. The minimum absolute atomic E-state index is 0. The highest BCUT2D eigenvalue weighted by Crippen LogP contribution is 2.39. The van der Waals surface area contributed by atoms with Crippen LogP contribution in [0.25, 0.3) is 5.70 Å². The summed E-state index contributed by atoms with van der Waals surface area (Å²) in [6.07, 6.45) is 1.28. The van der Waals surface area contributed by atoms with Crippen molar-refractivity contribution >= 4 is 17.1 Å². The van der Waals surface area contributed by atoms with E-state index in [4.69, 9.17) is 0 Å². The van der Waals surface area contributed by atoms with E-state index in [9.17, 15) is 19.6 Å². The van der Waals surface area contributed by atoms with Gasteiger partial charge in [0.05, 0.1) is 21.9 Å². The van der Waals surface area contributed by atoms with Crippen LogP contribution in [0.1, 0.15) is 5.56 Å². The smallest absolute Gasteiger partial charge is 0.281 e. The number of aliphatic hydroxyl groups is 1. The summed E-state index contributed by atoms with van der Waals surface area (Å²) in [7, 11) is 0. The van der Waals surface area contributed by atoms with E-state index in [1.165, 1.54) is 34.3 Å². The number of para-hydroxylation sites is 1. The third kappa shape index (κ3) is 2.47. The van der Waals surface area contributed by atoms with Crippen molar-refractivity contribution in [3.05, 3.63) is 87.7 Å². The zero-order valence-corrected chi connectivity index (χ0v) is 12.7. The van der Waals surface area contributed by atoms with Crippen LogP contribution in [0.3, 0.4) is 0 Å². The van der Waals surface area contributed by atoms with E-state index in [1.54, 1.807) is 30.3 Å². The fraction of sp³-hybridized carbons (Fsp3) is 0. The predicted molar refractivity (Wildman–Crippen MR) is 89.2 cm³/mol. The second kappa shape index (κ2) is 5.89. The Hall–Kier alpha value is -3.43. The first-order chi connectivity index (χ1) is 11.6. The van der Waals surface area contributed by atoms with Gasteiger partial charge in [-0.05, 0) is 30.3 Å². The molecule has 0 aromatic heterocycles. The van der Waals surface area contributed by atoms with Crippen LogP contribution in [-0.4, -0.2) is 15.5 Å². The van der Waals surface area contributed by atoms with Crippen LogP contribution in [0.15, 0.2) is 66.2 Å². The van der Waals surface area contributed by atoms with Crippen molar-refractivity contribution < 1.29 is 19.9 Å². The molecule has 25 heavy (non-hydrogen) atoms. The lowest BCUT2D eigenvalue weighted by molar-refractivity contribution is -0.375. The van der Waals surface area contributed by atoms with Crippen molar-refractivity contribution in [3.8, 4) is 0 Å². The van der Waals surface area contributed by atoms with Crippen LogP contribution < -0.4 is 15.6 Å². The van der Waals surface area contributed by atoms with Crippen molar-refractivity contribution in [2.24, 2.45) is 0 Å². The third-order valence-corrected chi connectivity index (χ3v) is 3.84. The first-order valence-electron chi connectivity index (χ1n) is 7.07. The zero-order valence-electron chi connectivity index (χ0n) is 12.7. The van der Waals surface area contributed by atoms with Gasteiger partial charge in [0.25, 0.3) is 5.70 Å². The van der Waals surface area contributed by atoms with Crippen LogP contribution in [0.2, 0.25) is 0 Å². The molecule has 0 aliphatic carbocycles. The molecule has 0 atom stereocenters. The Morgan fingerprint density at radius 1 is 1.12 bits per heavy atom. The molecule has 0 spiro atoms. The maximum absolute atomic E-state index is 13.5. The Labute approximate surface area is 141 Å². The molecular formula is C16H13FN4O4. The van der Waals surface area contributed by atoms with Gasteiger partial charge in [0.2, 0.25) is 5.88 Å². The van der Waals surface area contributed by atoms with Crippen molar-refractivity contribution in [1.82, 2.24) is 5.53 Å². The average Bonchev–Trinajstić information content (AvgIpc) is 2.91. The molecule has 0 saturated carbocycles. The van der Waals surface area contributed by atoms with Crippen molar-refractivity contribution in [1.29, 1.82) is 0 Å². The van der Waals surface area contributed by atoms with Gasteiger partial charge in [-0.25, -0.2) is 9.40 Å². The van der Waals surface area contributed by atoms with Crippen LogP contribution in [0.4, 0.5) is 15.8 Å². The number of hydrogen-bond donors (Lipinski definition) is 2. The number of fused-ring (bicyclic) bond motifs is 3. The van der Waals surface area contributed by atoms with Crippen molar-refractivity contribution in [2.75, 3.05) is 10.0 Å². The Balaban J connectivity index is 0.00000182. The van der Waals surface area contributed by atoms with Gasteiger partial charge < -0.3 is 10.6 Å². The van der Waals surface area contributed by atoms with Crippen LogP contribution in [0, 0.1) is 15.9 Å². The van der Waals surface area contributed by atoms with Crippen molar-refractivity contribution in [2.45, 2.75) is 0 Å². The summed E-state index contributed by atoms with van der Waals surface area (Å²) >= 11 is 0. The lowest BCUT2D eigenvalue weighted by atomic mass is 10.0. The molecule has 2 aliphatic rings. The SMILES string of the molecule is O.O=[N+]([O-])C1=CC2=C(O)N(c3cccc(F)c3)NN2c2ccccc21. The van der Waals surface area contributed by atoms with Gasteiger partial charge >= 0.3 is 0 Å². The van der Waals surface area contributed by atoms with Gasteiger partial charge in [-0.2, -0.15) is 0 Å². The molecule has 0 unspecified atom stereocenters. The standard InChI is InChI=1S/C16H11FN4O3.H2O/c17-10-4-3-5-11(8-10)19-16(22)15-9-14(21(23)24)12-6-1-2-7-13(12)20(15)18-19;/h1-9,18,22H;1H2. The maximum atomic E-state index is 13.5. The number of benzene rings is 2. The lowest BCUT2D eigenvalue weighted by Gasteiger charge is -2.26. The van der Waals surface area contributed by atoms with Gasteiger partial charge in [0.1, 0.15) is 11.5 Å². The molecule has 8 nitrogen and oxygen atoms in total. The zero-order chi connectivity index (χ0) is 16.8. The van der Waals surface area contributed by atoms with Gasteiger partial charge in [-0.3, -0.25) is 15.1 Å². The van der Waals surface area contributed by atoms with Crippen LogP contribution >= 0.6 is 0 Å². The van der Waals surface area contributed by atoms with Crippen molar-refractivity contribution in [3.63, 3.8) is 0 Å². The second-order valence-corrected chi connectivity index (χ2v) is 5.26. The first-order valence-corrected chi connectivity index (χ1v) is 7.07. The Bertz CT molecular complexity index is 928. The van der Waals surface area contributed by atoms with E-state index < -0.39 is 10.7 Å². The summed E-state index contributed by atoms with van der Waals surface area (Å²) in [5.74, 6) is -0.714. The summed E-state index contributed by atoms with van der Waals surface area (Å²) in [6, 6.07) is 12.4. The van der Waals surface area contributed by atoms with Gasteiger partial charge in [-0.1, -0.05) is 18.2 Å². The van der Waals surface area contributed by atoms with Gasteiger partial charge in [0, 0.05) is 6.08 Å². The quantitative estimate of drug-likeness (QED) is 0.637. The highest BCUT2D eigenvalue weighted by Gasteiger charge is 2.38. The molecule has 0 amide bonds. The number of hydrazine groups is 2. The molecule has 0 saturated heterocycles. The molecule has 0 radical (unpaired) electrons. The Morgan fingerprint density at radius 3 is 2.60 bits per heavy atom. The molecular weight excluding hydrogens is 331 g/mol. The number of rotatable bonds is 2. The first kappa shape index (κ1) is 16.4. The van der Waals surface area contributed by atoms with E-state index in [0.717, 1.165) is 0 Å². The number of aliphatic hydroxyl groups excluding tert-OH is 1. The number of halogens is 1. The van der Waals surface area contributed by atoms with Crippen LogP contribution in [-0.2, 0) is 0 Å². The van der Waals surface area contributed by atoms with E-state index in [-0.39, 0.29) is 22.8 Å². The predicted octanol–water partition coefficient (Wildman–Crippen LogP) is 2.11. The third-order valence-electron chi connectivity index (χ3n) is 3.84. The van der Waals surface area contributed by atoms with E-state index in [0.29, 0.717) is 16.9 Å². The van der Waals surface area contributed by atoms with E-state index in [1.807, 2.05) is 0 Å². The number of nitrogens with one attached hydrogen (secondary N) is 1. The normalized spacial score (nSPS) is 15.3. The topological polar surface area (TPSA) is 113 Å². The summed E-state index contributed by atoms with van der Waals surface area (Å²) in [5, 5.41) is 24.6. The Morgan fingerprint density at radius 2 is 1.88 bits per heavy atom. The number of nitro groups is 1. The molecule has 2 heterocycles. The largest absolute Gasteiger partial charge is 0.492 e. The fourth-order valence-electron chi connectivity index (χ4n) is 2.77. The average molecular weight is 344 g/mol. The summed E-state index contributed by atoms with van der Waals surface area (Å²) in [4.78, 5) is 10.8. The highest BCUT2D eigenvalue weighted by atomic mass is 19.1. The number of allylic oxidation sites excluding steroid dienone is 1. The monoisotopic (exact) mass is 344 g/mol. The van der Waals surface area contributed by atoms with Crippen LogP contribution in [0.5, 0.6) is 0 Å². The molecule has 2 aliphatic heterocycles. The molecule has 4 N–H and O–H groups in total. The van der Waals surface area contributed by atoms with E-state index in [2.05, 4.69) is 5.53 Å². The van der Waals surface area contributed by atoms with E-state index >= 15 is 0 Å². The minimum atomic E-state index is -0.499. The molecule has 4 rings (SSSR count).